The van der Waals surface area contributed by atoms with E-state index in [2.05, 4.69) is 35.4 Å². The van der Waals surface area contributed by atoms with Gasteiger partial charge in [0, 0.05) is 47.4 Å². The zero-order chi connectivity index (χ0) is 28.3. The number of rotatable bonds is 9. The van der Waals surface area contributed by atoms with E-state index in [9.17, 15) is 13.2 Å². The zero-order valence-corrected chi connectivity index (χ0v) is 25.2. The van der Waals surface area contributed by atoms with Crippen molar-refractivity contribution in [2.24, 2.45) is 0 Å². The van der Waals surface area contributed by atoms with Crippen LogP contribution in [0, 0.1) is 0 Å². The Morgan fingerprint density at radius 2 is 1.80 bits per heavy atom. The summed E-state index contributed by atoms with van der Waals surface area (Å²) < 4.78 is 25.0. The maximum absolute atomic E-state index is 14.2. The van der Waals surface area contributed by atoms with Crippen molar-refractivity contribution in [3.05, 3.63) is 82.5 Å². The number of nitrogens with one attached hydrogen (secondary N) is 1. The molecule has 0 unspecified atom stereocenters. The molecular weight excluding hydrogens is 562 g/mol. The molecular formula is C31H34ClN3O3S2. The highest BCUT2D eigenvalue weighted by Crippen LogP contribution is 2.39. The first-order valence-corrected chi connectivity index (χ1v) is 16.8. The Morgan fingerprint density at radius 1 is 1.05 bits per heavy atom. The molecule has 2 aromatic heterocycles. The number of fused-ring (bicyclic) bond motifs is 1. The van der Waals surface area contributed by atoms with Crippen LogP contribution in [0.4, 0.5) is 0 Å². The number of hydrogen-bond acceptors (Lipinski definition) is 6. The van der Waals surface area contributed by atoms with E-state index < -0.39 is 9.84 Å². The van der Waals surface area contributed by atoms with E-state index in [0.29, 0.717) is 32.6 Å². The lowest BCUT2D eigenvalue weighted by Crippen LogP contribution is -2.45. The molecule has 0 saturated heterocycles. The fraction of sp³-hybridized carbons (Fsp3) is 0.355. The standard InChI is InChI=1S/C31H34ClN3O3S2/c1-3-15-34-24-7-9-25(10-8-24)35(20-21-5-4-6-23(18-21)22-13-16-33-17-14-22)31(36)30-29(32)27-12-11-26(40(2,37)38)19-28(27)39-30/h4-6,11-14,16-19,24-25,34H,3,7-10,15,20H2,1-2H3. The van der Waals surface area contributed by atoms with Crippen LogP contribution >= 0.6 is 22.9 Å². The molecule has 0 atom stereocenters. The van der Waals surface area contributed by atoms with Crippen molar-refractivity contribution in [1.82, 2.24) is 15.2 Å². The number of sulfone groups is 1. The molecule has 6 nitrogen and oxygen atoms in total. The van der Waals surface area contributed by atoms with Gasteiger partial charge in [0.15, 0.2) is 9.84 Å². The lowest BCUT2D eigenvalue weighted by molar-refractivity contribution is 0.0605. The number of aromatic nitrogens is 1. The van der Waals surface area contributed by atoms with Crippen molar-refractivity contribution in [1.29, 1.82) is 0 Å². The molecule has 1 amide bonds. The fourth-order valence-corrected chi connectivity index (χ4v) is 7.67. The molecule has 0 radical (unpaired) electrons. The van der Waals surface area contributed by atoms with Crippen molar-refractivity contribution in [3.8, 4) is 11.1 Å². The molecule has 1 aliphatic rings. The van der Waals surface area contributed by atoms with E-state index in [-0.39, 0.29) is 16.8 Å². The monoisotopic (exact) mass is 595 g/mol. The molecule has 4 aromatic rings. The van der Waals surface area contributed by atoms with E-state index in [1.165, 1.54) is 17.6 Å². The van der Waals surface area contributed by atoms with Crippen LogP contribution < -0.4 is 5.32 Å². The zero-order valence-electron chi connectivity index (χ0n) is 22.8. The van der Waals surface area contributed by atoms with Crippen LogP contribution in [0.2, 0.25) is 5.02 Å². The Labute approximate surface area is 245 Å². The minimum absolute atomic E-state index is 0.0876. The van der Waals surface area contributed by atoms with Crippen molar-refractivity contribution in [2.45, 2.75) is 62.6 Å². The molecule has 40 heavy (non-hydrogen) atoms. The topological polar surface area (TPSA) is 79.4 Å². The van der Waals surface area contributed by atoms with Crippen molar-refractivity contribution < 1.29 is 13.2 Å². The molecule has 1 N–H and O–H groups in total. The molecule has 0 bridgehead atoms. The molecule has 9 heteroatoms. The maximum Gasteiger partial charge on any atom is 0.266 e. The third-order valence-electron chi connectivity index (χ3n) is 7.60. The van der Waals surface area contributed by atoms with E-state index in [1.54, 1.807) is 30.6 Å². The van der Waals surface area contributed by atoms with Crippen molar-refractivity contribution in [2.75, 3.05) is 12.8 Å². The summed E-state index contributed by atoms with van der Waals surface area (Å²) in [6, 6.07) is 17.7. The van der Waals surface area contributed by atoms with Crippen LogP contribution in [0.5, 0.6) is 0 Å². The Kier molecular flexibility index (Phi) is 8.90. The first-order chi connectivity index (χ1) is 19.2. The van der Waals surface area contributed by atoms with Crippen LogP contribution in [-0.2, 0) is 16.4 Å². The van der Waals surface area contributed by atoms with E-state index >= 15 is 0 Å². The van der Waals surface area contributed by atoms with Gasteiger partial charge in [0.05, 0.1) is 9.92 Å². The maximum atomic E-state index is 14.2. The van der Waals surface area contributed by atoms with E-state index in [1.807, 2.05) is 23.1 Å². The summed E-state index contributed by atoms with van der Waals surface area (Å²) in [6.45, 7) is 3.65. The fourth-order valence-electron chi connectivity index (χ4n) is 5.44. The van der Waals surface area contributed by atoms with Crippen LogP contribution in [-0.4, -0.2) is 49.1 Å². The van der Waals surface area contributed by atoms with E-state index in [4.69, 9.17) is 11.6 Å². The number of nitrogens with zero attached hydrogens (tertiary/aromatic N) is 2. The van der Waals surface area contributed by atoms with Gasteiger partial charge in [-0.15, -0.1) is 11.3 Å². The summed E-state index contributed by atoms with van der Waals surface area (Å²) in [6.07, 6.45) is 9.71. The van der Waals surface area contributed by atoms with Crippen LogP contribution in [0.15, 0.2) is 71.9 Å². The minimum atomic E-state index is -3.37. The van der Waals surface area contributed by atoms with Gasteiger partial charge in [0.25, 0.3) is 5.91 Å². The first-order valence-electron chi connectivity index (χ1n) is 13.7. The Bertz CT molecular complexity index is 1600. The number of thiophene rings is 1. The van der Waals surface area contributed by atoms with Gasteiger partial charge in [-0.05, 0) is 85.7 Å². The van der Waals surface area contributed by atoms with Crippen molar-refractivity contribution >= 4 is 48.8 Å². The second-order valence-electron chi connectivity index (χ2n) is 10.5. The van der Waals surface area contributed by atoms with Crippen LogP contribution in [0.3, 0.4) is 0 Å². The quantitative estimate of drug-likeness (QED) is 0.226. The van der Waals surface area contributed by atoms with Gasteiger partial charge in [-0.3, -0.25) is 9.78 Å². The van der Waals surface area contributed by atoms with Gasteiger partial charge < -0.3 is 10.2 Å². The lowest BCUT2D eigenvalue weighted by Gasteiger charge is -2.37. The minimum Gasteiger partial charge on any atom is -0.331 e. The van der Waals surface area contributed by atoms with Gasteiger partial charge >= 0.3 is 0 Å². The number of pyridine rings is 1. The molecule has 2 heterocycles. The number of amides is 1. The molecule has 0 spiro atoms. The highest BCUT2D eigenvalue weighted by molar-refractivity contribution is 7.90. The van der Waals surface area contributed by atoms with Crippen LogP contribution in [0.1, 0.15) is 54.3 Å². The molecule has 2 aromatic carbocycles. The number of hydrogen-bond donors (Lipinski definition) is 1. The number of carbonyl (C=O) groups excluding carboxylic acids is 1. The third-order valence-corrected chi connectivity index (χ3v) is 10.4. The third kappa shape index (κ3) is 6.41. The van der Waals surface area contributed by atoms with Crippen LogP contribution in [0.25, 0.3) is 21.2 Å². The predicted molar refractivity (Wildman–Crippen MR) is 164 cm³/mol. The summed E-state index contributed by atoms with van der Waals surface area (Å²) in [4.78, 5) is 21.0. The van der Waals surface area contributed by atoms with E-state index in [0.717, 1.165) is 55.3 Å². The number of benzene rings is 2. The molecule has 0 aliphatic heterocycles. The Morgan fingerprint density at radius 3 is 2.50 bits per heavy atom. The van der Waals surface area contributed by atoms with Gasteiger partial charge in [-0.1, -0.05) is 42.8 Å². The summed E-state index contributed by atoms with van der Waals surface area (Å²) in [5, 5.41) is 4.73. The number of carbonyl (C=O) groups is 1. The molecule has 1 aliphatic carbocycles. The molecule has 1 saturated carbocycles. The second kappa shape index (κ2) is 12.4. The average Bonchev–Trinajstić information content (AvgIpc) is 3.30. The molecule has 210 valence electrons. The summed E-state index contributed by atoms with van der Waals surface area (Å²) in [5.41, 5.74) is 3.20. The largest absolute Gasteiger partial charge is 0.331 e. The molecule has 5 rings (SSSR count). The SMILES string of the molecule is CCCNC1CCC(N(Cc2cccc(-c3ccncc3)c2)C(=O)c2sc3cc(S(C)(=O)=O)ccc3c2Cl)CC1. The number of halogens is 1. The van der Waals surface area contributed by atoms with Crippen molar-refractivity contribution in [3.63, 3.8) is 0 Å². The summed E-state index contributed by atoms with van der Waals surface area (Å²) in [5.74, 6) is -0.105. The second-order valence-corrected chi connectivity index (χ2v) is 14.0. The highest BCUT2D eigenvalue weighted by atomic mass is 35.5. The normalized spacial score (nSPS) is 17.7. The predicted octanol–water partition coefficient (Wildman–Crippen LogP) is 6.97. The Hall–Kier alpha value is -2.78. The smallest absolute Gasteiger partial charge is 0.266 e. The Balaban J connectivity index is 1.47. The average molecular weight is 596 g/mol. The van der Waals surface area contributed by atoms with Gasteiger partial charge in [-0.2, -0.15) is 0 Å². The van der Waals surface area contributed by atoms with Gasteiger partial charge in [0.2, 0.25) is 0 Å². The summed E-state index contributed by atoms with van der Waals surface area (Å²) >= 11 is 8.06. The summed E-state index contributed by atoms with van der Waals surface area (Å²) in [7, 11) is -3.37. The molecule has 1 fully saturated rings. The lowest BCUT2D eigenvalue weighted by atomic mass is 9.89. The first kappa shape index (κ1) is 28.7. The van der Waals surface area contributed by atoms with Gasteiger partial charge in [0.1, 0.15) is 4.88 Å². The highest BCUT2D eigenvalue weighted by Gasteiger charge is 2.32. The van der Waals surface area contributed by atoms with Gasteiger partial charge in [-0.25, -0.2) is 8.42 Å².